The number of anilines is 1. The monoisotopic (exact) mass is 401 g/mol. The van der Waals surface area contributed by atoms with Gasteiger partial charge in [0.15, 0.2) is 0 Å². The van der Waals surface area contributed by atoms with E-state index in [0.29, 0.717) is 22.6 Å². The average molecular weight is 402 g/mol. The third-order valence-corrected chi connectivity index (χ3v) is 5.55. The molecule has 25 heavy (non-hydrogen) atoms. The lowest BCUT2D eigenvalue weighted by Gasteiger charge is -2.33. The summed E-state index contributed by atoms with van der Waals surface area (Å²) in [7, 11) is 0. The summed E-state index contributed by atoms with van der Waals surface area (Å²) in [5.41, 5.74) is 2.59. The standard InChI is InChI=1S/C18H20BrN5O/c1-11-6-12(2)22-18(21-11)24-9-13-7-14(24)10-23(8-13)17(25)15-4-3-5-20-16(15)19/h3-6,13-14H,7-10H2,1-2H3. The Bertz CT molecular complexity index is 807. The van der Waals surface area contributed by atoms with Crippen molar-refractivity contribution in [3.8, 4) is 0 Å². The normalized spacial score (nSPS) is 22.4. The smallest absolute Gasteiger partial charge is 0.256 e. The first-order valence-electron chi connectivity index (χ1n) is 8.50. The molecule has 2 aliphatic heterocycles. The van der Waals surface area contributed by atoms with E-state index in [1.165, 1.54) is 0 Å². The van der Waals surface area contributed by atoms with E-state index < -0.39 is 0 Å². The van der Waals surface area contributed by atoms with Crippen LogP contribution in [-0.2, 0) is 0 Å². The van der Waals surface area contributed by atoms with Crippen LogP contribution < -0.4 is 4.90 Å². The van der Waals surface area contributed by atoms with Crippen molar-refractivity contribution in [1.82, 2.24) is 19.9 Å². The van der Waals surface area contributed by atoms with Crippen molar-refractivity contribution in [2.45, 2.75) is 26.3 Å². The van der Waals surface area contributed by atoms with Crippen LogP contribution >= 0.6 is 15.9 Å². The highest BCUT2D eigenvalue weighted by atomic mass is 79.9. The van der Waals surface area contributed by atoms with E-state index >= 15 is 0 Å². The van der Waals surface area contributed by atoms with Gasteiger partial charge in [-0.05, 0) is 60.3 Å². The van der Waals surface area contributed by atoms with Crippen molar-refractivity contribution in [1.29, 1.82) is 0 Å². The summed E-state index contributed by atoms with van der Waals surface area (Å²) in [6.07, 6.45) is 2.77. The molecule has 0 radical (unpaired) electrons. The predicted molar refractivity (Wildman–Crippen MR) is 98.6 cm³/mol. The fraction of sp³-hybridized carbons (Fsp3) is 0.444. The Labute approximate surface area is 155 Å². The third-order valence-electron chi connectivity index (χ3n) is 4.91. The number of carbonyl (C=O) groups excluding carboxylic acids is 1. The molecule has 0 aliphatic carbocycles. The molecule has 0 saturated carbocycles. The van der Waals surface area contributed by atoms with Crippen LogP contribution in [0.4, 0.5) is 5.95 Å². The zero-order valence-corrected chi connectivity index (χ0v) is 15.9. The van der Waals surface area contributed by atoms with Crippen molar-refractivity contribution in [3.63, 3.8) is 0 Å². The van der Waals surface area contributed by atoms with E-state index in [0.717, 1.165) is 36.8 Å². The Morgan fingerprint density at radius 2 is 1.96 bits per heavy atom. The Hall–Kier alpha value is -2.02. The van der Waals surface area contributed by atoms with Crippen molar-refractivity contribution in [3.05, 3.63) is 46.0 Å². The quantitative estimate of drug-likeness (QED) is 0.723. The van der Waals surface area contributed by atoms with Gasteiger partial charge in [-0.1, -0.05) is 0 Å². The van der Waals surface area contributed by atoms with Gasteiger partial charge in [0, 0.05) is 43.3 Å². The van der Waals surface area contributed by atoms with Crippen LogP contribution in [0.15, 0.2) is 29.0 Å². The van der Waals surface area contributed by atoms with Crippen LogP contribution in [0.1, 0.15) is 28.2 Å². The first-order chi connectivity index (χ1) is 12.0. The summed E-state index contributed by atoms with van der Waals surface area (Å²) in [6, 6.07) is 5.88. The van der Waals surface area contributed by atoms with Gasteiger partial charge in [0.2, 0.25) is 5.95 Å². The van der Waals surface area contributed by atoms with Crippen LogP contribution in [0.5, 0.6) is 0 Å². The number of hydrogen-bond acceptors (Lipinski definition) is 5. The van der Waals surface area contributed by atoms with E-state index in [4.69, 9.17) is 0 Å². The van der Waals surface area contributed by atoms with Crippen molar-refractivity contribution >= 4 is 27.8 Å². The number of aromatic nitrogens is 3. The number of fused-ring (bicyclic) bond motifs is 2. The molecule has 0 spiro atoms. The van der Waals surface area contributed by atoms with Gasteiger partial charge in [-0.25, -0.2) is 15.0 Å². The van der Waals surface area contributed by atoms with Crippen LogP contribution in [0.2, 0.25) is 0 Å². The number of halogens is 1. The van der Waals surface area contributed by atoms with Crippen LogP contribution in [-0.4, -0.2) is 51.4 Å². The fourth-order valence-electron chi connectivity index (χ4n) is 3.92. The number of piperidine rings is 1. The molecular formula is C18H20BrN5O. The van der Waals surface area contributed by atoms with Crippen molar-refractivity contribution in [2.24, 2.45) is 5.92 Å². The second kappa shape index (κ2) is 6.37. The van der Waals surface area contributed by atoms with Gasteiger partial charge in [-0.2, -0.15) is 0 Å². The molecule has 7 heteroatoms. The summed E-state index contributed by atoms with van der Waals surface area (Å²) in [5, 5.41) is 0. The first kappa shape index (κ1) is 16.4. The Morgan fingerprint density at radius 3 is 2.68 bits per heavy atom. The summed E-state index contributed by atoms with van der Waals surface area (Å²) in [5.74, 6) is 1.29. The number of nitrogens with zero attached hydrogens (tertiary/aromatic N) is 5. The minimum Gasteiger partial charge on any atom is -0.336 e. The second-order valence-corrected chi connectivity index (χ2v) is 7.66. The number of amides is 1. The molecule has 2 saturated heterocycles. The third kappa shape index (κ3) is 3.13. The maximum absolute atomic E-state index is 12.9. The van der Waals surface area contributed by atoms with Crippen molar-refractivity contribution < 1.29 is 4.79 Å². The molecule has 2 bridgehead atoms. The Kier molecular flexibility index (Phi) is 4.19. The van der Waals surface area contributed by atoms with Crippen molar-refractivity contribution in [2.75, 3.05) is 24.5 Å². The molecule has 0 aromatic carbocycles. The fourth-order valence-corrected chi connectivity index (χ4v) is 4.34. The molecule has 6 nitrogen and oxygen atoms in total. The van der Waals surface area contributed by atoms with E-state index in [-0.39, 0.29) is 11.9 Å². The van der Waals surface area contributed by atoms with E-state index in [1.807, 2.05) is 30.9 Å². The first-order valence-corrected chi connectivity index (χ1v) is 9.29. The summed E-state index contributed by atoms with van der Waals surface area (Å²) in [4.78, 5) is 30.5. The van der Waals surface area contributed by atoms with Crippen LogP contribution in [0.25, 0.3) is 0 Å². The molecule has 2 fully saturated rings. The molecule has 130 valence electrons. The number of rotatable bonds is 2. The molecule has 2 aliphatic rings. The highest BCUT2D eigenvalue weighted by Crippen LogP contribution is 2.33. The van der Waals surface area contributed by atoms with Gasteiger partial charge < -0.3 is 9.80 Å². The highest BCUT2D eigenvalue weighted by Gasteiger charge is 2.41. The minimum atomic E-state index is 0.0397. The Balaban J connectivity index is 1.56. The molecule has 2 aromatic rings. The van der Waals surface area contributed by atoms with Gasteiger partial charge in [-0.15, -0.1) is 0 Å². The number of pyridine rings is 1. The molecule has 0 N–H and O–H groups in total. The summed E-state index contributed by atoms with van der Waals surface area (Å²) in [6.45, 7) is 6.38. The molecule has 2 aromatic heterocycles. The lowest BCUT2D eigenvalue weighted by molar-refractivity contribution is 0.0692. The number of likely N-dealkylation sites (tertiary alicyclic amines) is 1. The zero-order chi connectivity index (χ0) is 17.6. The lowest BCUT2D eigenvalue weighted by Crippen LogP contribution is -2.45. The SMILES string of the molecule is Cc1cc(C)nc(N2CC3CC2CN(C(=O)c2cccnc2Br)C3)n1. The Morgan fingerprint density at radius 1 is 1.20 bits per heavy atom. The highest BCUT2D eigenvalue weighted by molar-refractivity contribution is 9.10. The van der Waals surface area contributed by atoms with E-state index in [9.17, 15) is 4.79 Å². The van der Waals surface area contributed by atoms with Gasteiger partial charge >= 0.3 is 0 Å². The van der Waals surface area contributed by atoms with Crippen LogP contribution in [0.3, 0.4) is 0 Å². The molecule has 2 atom stereocenters. The predicted octanol–water partition coefficient (Wildman–Crippen LogP) is 2.60. The number of aryl methyl sites for hydroxylation is 2. The van der Waals surface area contributed by atoms with Gasteiger partial charge in [0.25, 0.3) is 5.91 Å². The molecule has 4 heterocycles. The lowest BCUT2D eigenvalue weighted by atomic mass is 9.99. The molecular weight excluding hydrogens is 382 g/mol. The van der Waals surface area contributed by atoms with Gasteiger partial charge in [0.05, 0.1) is 5.56 Å². The second-order valence-electron chi connectivity index (χ2n) is 6.91. The number of carbonyl (C=O) groups is 1. The minimum absolute atomic E-state index is 0.0397. The largest absolute Gasteiger partial charge is 0.336 e. The maximum atomic E-state index is 12.9. The van der Waals surface area contributed by atoms with E-state index in [2.05, 4.69) is 35.8 Å². The van der Waals surface area contributed by atoms with E-state index in [1.54, 1.807) is 12.3 Å². The molecule has 2 unspecified atom stereocenters. The molecule has 4 rings (SSSR count). The molecule has 1 amide bonds. The zero-order valence-electron chi connectivity index (χ0n) is 14.3. The van der Waals surface area contributed by atoms with Gasteiger partial charge in [-0.3, -0.25) is 4.79 Å². The number of hydrogen-bond donors (Lipinski definition) is 0. The maximum Gasteiger partial charge on any atom is 0.256 e. The summed E-state index contributed by atoms with van der Waals surface area (Å²) >= 11 is 3.38. The van der Waals surface area contributed by atoms with Gasteiger partial charge in [0.1, 0.15) is 4.60 Å². The van der Waals surface area contributed by atoms with Crippen LogP contribution in [0, 0.1) is 19.8 Å². The average Bonchev–Trinajstić information content (AvgIpc) is 2.88. The topological polar surface area (TPSA) is 62.2 Å². The summed E-state index contributed by atoms with van der Waals surface area (Å²) < 4.78 is 0.604.